The number of hydrogen-bond donors (Lipinski definition) is 3. The lowest BCUT2D eigenvalue weighted by Crippen LogP contribution is -2.73. The number of rotatable bonds is 2. The van der Waals surface area contributed by atoms with Crippen LogP contribution in [0.15, 0.2) is 30.3 Å². The van der Waals surface area contributed by atoms with Crippen LogP contribution in [-0.4, -0.2) is 28.5 Å². The van der Waals surface area contributed by atoms with Crippen molar-refractivity contribution in [1.29, 1.82) is 0 Å². The first kappa shape index (κ1) is 14.5. The van der Waals surface area contributed by atoms with Gasteiger partial charge in [0, 0.05) is 17.8 Å². The second-order valence-electron chi connectivity index (χ2n) is 6.06. The molecule has 4 nitrogen and oxygen atoms in total. The predicted octanol–water partition coefficient (Wildman–Crippen LogP) is 2.22. The van der Waals surface area contributed by atoms with E-state index in [1.54, 1.807) is 0 Å². The number of carbonyl (C=O) groups excluding carboxylic acids is 1. The minimum absolute atomic E-state index is 0.0286. The summed E-state index contributed by atoms with van der Waals surface area (Å²) in [6, 6.07) is 10.3. The molecule has 5 heteroatoms. The van der Waals surface area contributed by atoms with Crippen molar-refractivity contribution in [2.45, 2.75) is 50.2 Å². The fourth-order valence-corrected chi connectivity index (χ4v) is 3.44. The molecule has 112 valence electrons. The Labute approximate surface area is 130 Å². The van der Waals surface area contributed by atoms with Crippen molar-refractivity contribution in [3.05, 3.63) is 30.3 Å². The maximum absolute atomic E-state index is 12.5. The summed E-state index contributed by atoms with van der Waals surface area (Å²) in [5.74, 6) is -0.0286. The van der Waals surface area contributed by atoms with E-state index in [1.165, 1.54) is 12.8 Å². The van der Waals surface area contributed by atoms with Crippen molar-refractivity contribution in [3.8, 4) is 0 Å². The highest BCUT2D eigenvalue weighted by Crippen LogP contribution is 2.26. The Morgan fingerprint density at radius 2 is 1.90 bits per heavy atom. The molecule has 1 aliphatic carbocycles. The van der Waals surface area contributed by atoms with Gasteiger partial charge in [-0.3, -0.25) is 10.1 Å². The molecule has 1 saturated heterocycles. The molecule has 1 aliphatic heterocycles. The molecular formula is C16H21N3OS. The maximum atomic E-state index is 12.5. The van der Waals surface area contributed by atoms with Gasteiger partial charge in [-0.15, -0.1) is 0 Å². The summed E-state index contributed by atoms with van der Waals surface area (Å²) in [6.45, 7) is 1.87. The zero-order chi connectivity index (χ0) is 14.9. The first-order chi connectivity index (χ1) is 10.1. The van der Waals surface area contributed by atoms with Crippen LogP contribution in [0.1, 0.15) is 32.6 Å². The van der Waals surface area contributed by atoms with Gasteiger partial charge in [0.1, 0.15) is 10.5 Å². The van der Waals surface area contributed by atoms with Gasteiger partial charge in [0.15, 0.2) is 0 Å². The Bertz CT molecular complexity index is 548. The molecular weight excluding hydrogens is 282 g/mol. The van der Waals surface area contributed by atoms with Crippen LogP contribution in [0.2, 0.25) is 0 Å². The number of anilines is 1. The highest BCUT2D eigenvalue weighted by Gasteiger charge is 2.46. The van der Waals surface area contributed by atoms with E-state index in [0.29, 0.717) is 11.0 Å². The van der Waals surface area contributed by atoms with Crippen LogP contribution in [0, 0.1) is 0 Å². The second-order valence-corrected chi connectivity index (χ2v) is 6.47. The van der Waals surface area contributed by atoms with Crippen LogP contribution in [-0.2, 0) is 4.79 Å². The number of para-hydroxylation sites is 1. The Morgan fingerprint density at radius 3 is 2.62 bits per heavy atom. The van der Waals surface area contributed by atoms with E-state index in [2.05, 4.69) is 16.0 Å². The van der Waals surface area contributed by atoms with Crippen LogP contribution in [0.3, 0.4) is 0 Å². The van der Waals surface area contributed by atoms with E-state index in [9.17, 15) is 4.79 Å². The highest BCUT2D eigenvalue weighted by molar-refractivity contribution is 7.80. The largest absolute Gasteiger partial charge is 0.350 e. The van der Waals surface area contributed by atoms with E-state index in [4.69, 9.17) is 12.2 Å². The third-order valence-corrected chi connectivity index (χ3v) is 5.01. The molecule has 3 N–H and O–H groups in total. The van der Waals surface area contributed by atoms with E-state index in [-0.39, 0.29) is 11.9 Å². The number of hydrogen-bond acceptors (Lipinski definition) is 3. The fraction of sp³-hybridized carbons (Fsp3) is 0.500. The maximum Gasteiger partial charge on any atom is 0.247 e. The van der Waals surface area contributed by atoms with E-state index in [0.717, 1.165) is 18.5 Å². The van der Waals surface area contributed by atoms with Gasteiger partial charge < -0.3 is 10.6 Å². The number of carbonyl (C=O) groups is 1. The molecule has 0 bridgehead atoms. The molecule has 3 rings (SSSR count). The van der Waals surface area contributed by atoms with Gasteiger partial charge in [0.05, 0.1) is 0 Å². The van der Waals surface area contributed by atoms with Crippen molar-refractivity contribution in [2.75, 3.05) is 5.32 Å². The average Bonchev–Trinajstić information content (AvgIpc) is 2.49. The molecule has 2 aliphatic rings. The Kier molecular flexibility index (Phi) is 3.95. The number of fused-ring (bicyclic) bond motifs is 1. The molecule has 0 unspecified atom stereocenters. The summed E-state index contributed by atoms with van der Waals surface area (Å²) >= 11 is 5.51. The molecule has 1 saturated carbocycles. The first-order valence-electron chi connectivity index (χ1n) is 7.55. The molecule has 2 fully saturated rings. The van der Waals surface area contributed by atoms with E-state index < -0.39 is 5.54 Å². The van der Waals surface area contributed by atoms with Crippen LogP contribution in [0.25, 0.3) is 0 Å². The topological polar surface area (TPSA) is 53.2 Å². The van der Waals surface area contributed by atoms with E-state index in [1.807, 2.05) is 37.3 Å². The SMILES string of the molecule is C[C@]1(C(=S)Nc2ccccc2)N[C@H]2CCCC[C@@H]2NC1=O. The van der Waals surface area contributed by atoms with Crippen LogP contribution < -0.4 is 16.0 Å². The number of benzene rings is 1. The number of piperazine rings is 1. The van der Waals surface area contributed by atoms with Crippen molar-refractivity contribution in [1.82, 2.24) is 10.6 Å². The summed E-state index contributed by atoms with van der Waals surface area (Å²) < 4.78 is 0. The molecule has 1 aromatic carbocycles. The predicted molar refractivity (Wildman–Crippen MR) is 88.4 cm³/mol. The standard InChI is InChI=1S/C16H21N3OS/c1-16(15(21)17-11-7-3-2-4-8-11)14(20)18-12-9-5-6-10-13(12)19-16/h2-4,7-8,12-13,19H,5-6,9-10H2,1H3,(H,17,21)(H,18,20)/t12-,13-,16-/m0/s1. The molecule has 0 radical (unpaired) electrons. The summed E-state index contributed by atoms with van der Waals surface area (Å²) in [4.78, 5) is 13.0. The van der Waals surface area contributed by atoms with Crippen molar-refractivity contribution >= 4 is 28.8 Å². The van der Waals surface area contributed by atoms with Crippen molar-refractivity contribution < 1.29 is 4.79 Å². The smallest absolute Gasteiger partial charge is 0.247 e. The Hall–Kier alpha value is -1.46. The molecule has 21 heavy (non-hydrogen) atoms. The van der Waals surface area contributed by atoms with Crippen molar-refractivity contribution in [3.63, 3.8) is 0 Å². The summed E-state index contributed by atoms with van der Waals surface area (Å²) in [7, 11) is 0. The zero-order valence-corrected chi connectivity index (χ0v) is 13.0. The number of nitrogens with one attached hydrogen (secondary N) is 3. The lowest BCUT2D eigenvalue weighted by Gasteiger charge is -2.45. The average molecular weight is 303 g/mol. The van der Waals surface area contributed by atoms with Gasteiger partial charge in [-0.2, -0.15) is 0 Å². The van der Waals surface area contributed by atoms with Crippen molar-refractivity contribution in [2.24, 2.45) is 0 Å². The van der Waals surface area contributed by atoms with Crippen LogP contribution in [0.4, 0.5) is 5.69 Å². The lowest BCUT2D eigenvalue weighted by atomic mass is 9.84. The van der Waals surface area contributed by atoms with E-state index >= 15 is 0 Å². The monoisotopic (exact) mass is 303 g/mol. The quantitative estimate of drug-likeness (QED) is 0.733. The molecule has 1 heterocycles. The van der Waals surface area contributed by atoms with Gasteiger partial charge >= 0.3 is 0 Å². The molecule has 3 atom stereocenters. The lowest BCUT2D eigenvalue weighted by molar-refractivity contribution is -0.128. The minimum Gasteiger partial charge on any atom is -0.350 e. The third-order valence-electron chi connectivity index (χ3n) is 4.50. The number of amides is 1. The molecule has 1 aromatic rings. The summed E-state index contributed by atoms with van der Waals surface area (Å²) in [5.41, 5.74) is 0.0630. The zero-order valence-electron chi connectivity index (χ0n) is 12.2. The molecule has 0 spiro atoms. The van der Waals surface area contributed by atoms with Gasteiger partial charge in [-0.1, -0.05) is 43.3 Å². The summed E-state index contributed by atoms with van der Waals surface area (Å²) in [5, 5.41) is 9.82. The van der Waals surface area contributed by atoms with Gasteiger partial charge in [0.25, 0.3) is 0 Å². The van der Waals surface area contributed by atoms with Crippen LogP contribution in [0.5, 0.6) is 0 Å². The highest BCUT2D eigenvalue weighted by atomic mass is 32.1. The third kappa shape index (κ3) is 2.80. The summed E-state index contributed by atoms with van der Waals surface area (Å²) in [6.07, 6.45) is 4.54. The first-order valence-corrected chi connectivity index (χ1v) is 7.95. The van der Waals surface area contributed by atoms with Gasteiger partial charge in [0.2, 0.25) is 5.91 Å². The number of thiocarbonyl (C=S) groups is 1. The fourth-order valence-electron chi connectivity index (χ4n) is 3.17. The molecule has 1 amide bonds. The van der Waals surface area contributed by atoms with Gasteiger partial charge in [-0.05, 0) is 31.9 Å². The second kappa shape index (κ2) is 5.73. The Balaban J connectivity index is 1.75. The normalized spacial score (nSPS) is 32.0. The van der Waals surface area contributed by atoms with Gasteiger partial charge in [-0.25, -0.2) is 0 Å². The minimum atomic E-state index is -0.844. The molecule has 0 aromatic heterocycles. The van der Waals surface area contributed by atoms with Crippen LogP contribution >= 0.6 is 12.2 Å². The Morgan fingerprint density at radius 1 is 1.24 bits per heavy atom.